The summed E-state index contributed by atoms with van der Waals surface area (Å²) in [7, 11) is 0. The molecule has 6 heteroatoms. The molecule has 21 heavy (non-hydrogen) atoms. The molecule has 3 rings (SSSR count). The second-order valence-electron chi connectivity index (χ2n) is 4.52. The molecule has 0 bridgehead atoms. The van der Waals surface area contributed by atoms with Gasteiger partial charge in [0, 0.05) is 16.8 Å². The van der Waals surface area contributed by atoms with Gasteiger partial charge in [0.1, 0.15) is 5.69 Å². The third-order valence-corrected chi connectivity index (χ3v) is 4.03. The summed E-state index contributed by atoms with van der Waals surface area (Å²) in [6.07, 6.45) is 0.768. The second-order valence-corrected chi connectivity index (χ2v) is 5.55. The normalized spacial score (nSPS) is 10.7. The lowest BCUT2D eigenvalue weighted by Gasteiger charge is -2.06. The number of carbonyl (C=O) groups excluding carboxylic acids is 1. The minimum Gasteiger partial charge on any atom is -0.350 e. The predicted molar refractivity (Wildman–Crippen MR) is 82.7 cm³/mol. The van der Waals surface area contributed by atoms with Crippen LogP contribution in [0.4, 0.5) is 0 Å². The van der Waals surface area contributed by atoms with Crippen LogP contribution < -0.4 is 11.0 Å². The van der Waals surface area contributed by atoms with Crippen LogP contribution in [0.25, 0.3) is 10.9 Å². The van der Waals surface area contributed by atoms with E-state index in [0.29, 0.717) is 17.4 Å². The van der Waals surface area contributed by atoms with E-state index in [2.05, 4.69) is 15.3 Å². The average molecular weight is 299 g/mol. The molecule has 3 aromatic rings. The number of hydrogen-bond donors (Lipinski definition) is 2. The number of rotatable bonds is 4. The van der Waals surface area contributed by atoms with Gasteiger partial charge in [0.15, 0.2) is 0 Å². The van der Waals surface area contributed by atoms with Crippen LogP contribution in [0.5, 0.6) is 0 Å². The lowest BCUT2D eigenvalue weighted by molar-refractivity contribution is 0.0950. The second kappa shape index (κ2) is 5.88. The van der Waals surface area contributed by atoms with Gasteiger partial charge in [-0.25, -0.2) is 4.79 Å². The van der Waals surface area contributed by atoms with Crippen LogP contribution in [0.2, 0.25) is 0 Å². The van der Waals surface area contributed by atoms with E-state index in [9.17, 15) is 9.59 Å². The van der Waals surface area contributed by atoms with Crippen molar-refractivity contribution in [2.24, 2.45) is 0 Å². The van der Waals surface area contributed by atoms with Crippen LogP contribution in [-0.4, -0.2) is 22.4 Å². The van der Waals surface area contributed by atoms with Gasteiger partial charge in [-0.05, 0) is 23.9 Å². The number of amides is 1. The van der Waals surface area contributed by atoms with Crippen molar-refractivity contribution in [3.63, 3.8) is 0 Å². The summed E-state index contributed by atoms with van der Waals surface area (Å²) < 4.78 is 0. The summed E-state index contributed by atoms with van der Waals surface area (Å²) in [4.78, 5) is 31.4. The first-order valence-electron chi connectivity index (χ1n) is 6.54. The number of benzene rings is 1. The topological polar surface area (TPSA) is 74.8 Å². The maximum atomic E-state index is 12.2. The number of hydrogen-bond acceptors (Lipinski definition) is 4. The highest BCUT2D eigenvalue weighted by atomic mass is 32.1. The lowest BCUT2D eigenvalue weighted by Crippen LogP contribution is -2.29. The number of thiophene rings is 1. The largest absolute Gasteiger partial charge is 0.350 e. The number of aromatic nitrogens is 2. The van der Waals surface area contributed by atoms with Gasteiger partial charge in [0.25, 0.3) is 5.91 Å². The van der Waals surface area contributed by atoms with Gasteiger partial charge in [0.2, 0.25) is 0 Å². The minimum absolute atomic E-state index is 0.167. The quantitative estimate of drug-likeness (QED) is 0.773. The van der Waals surface area contributed by atoms with Crippen LogP contribution >= 0.6 is 11.3 Å². The zero-order valence-corrected chi connectivity index (χ0v) is 11.9. The highest BCUT2D eigenvalue weighted by molar-refractivity contribution is 7.09. The SMILES string of the molecule is O=C(NCCc1cccs1)c1nc(=O)[nH]c2ccccc12. The smallest absolute Gasteiger partial charge is 0.346 e. The molecule has 0 atom stereocenters. The fourth-order valence-corrected chi connectivity index (χ4v) is 2.82. The molecule has 2 heterocycles. The predicted octanol–water partition coefficient (Wildman–Crippen LogP) is 1.96. The van der Waals surface area contributed by atoms with Crippen molar-refractivity contribution in [3.8, 4) is 0 Å². The van der Waals surface area contributed by atoms with Gasteiger partial charge in [-0.3, -0.25) is 4.79 Å². The van der Waals surface area contributed by atoms with Gasteiger partial charge in [-0.2, -0.15) is 4.98 Å². The van der Waals surface area contributed by atoms with Crippen molar-refractivity contribution in [3.05, 3.63) is 62.8 Å². The Morgan fingerprint density at radius 2 is 2.10 bits per heavy atom. The highest BCUT2D eigenvalue weighted by Gasteiger charge is 2.12. The Morgan fingerprint density at radius 1 is 1.24 bits per heavy atom. The summed E-state index contributed by atoms with van der Waals surface area (Å²) in [5.74, 6) is -0.325. The van der Waals surface area contributed by atoms with E-state index in [1.807, 2.05) is 23.6 Å². The number of carbonyl (C=O) groups is 1. The summed E-state index contributed by atoms with van der Waals surface area (Å²) >= 11 is 1.65. The molecule has 2 N–H and O–H groups in total. The first-order valence-corrected chi connectivity index (χ1v) is 7.41. The number of nitrogens with zero attached hydrogens (tertiary/aromatic N) is 1. The van der Waals surface area contributed by atoms with Crippen LogP contribution in [0.15, 0.2) is 46.6 Å². The maximum absolute atomic E-state index is 12.2. The third kappa shape index (κ3) is 3.00. The Bertz CT molecular complexity index is 824. The lowest BCUT2D eigenvalue weighted by atomic mass is 10.2. The van der Waals surface area contributed by atoms with Gasteiger partial charge >= 0.3 is 5.69 Å². The van der Waals surface area contributed by atoms with E-state index in [1.165, 1.54) is 4.88 Å². The van der Waals surface area contributed by atoms with Crippen molar-refractivity contribution in [2.75, 3.05) is 6.54 Å². The van der Waals surface area contributed by atoms with Crippen LogP contribution in [0.3, 0.4) is 0 Å². The zero-order chi connectivity index (χ0) is 14.7. The number of fused-ring (bicyclic) bond motifs is 1. The summed E-state index contributed by atoms with van der Waals surface area (Å²) in [6, 6.07) is 11.1. The standard InChI is InChI=1S/C15H13N3O2S/c19-14(16-8-7-10-4-3-9-21-10)13-11-5-1-2-6-12(11)17-15(20)18-13/h1-6,9H,7-8H2,(H,16,19)(H,17,18,20). The summed E-state index contributed by atoms with van der Waals surface area (Å²) in [5, 5.41) is 5.46. The molecule has 0 saturated heterocycles. The molecule has 106 valence electrons. The van der Waals surface area contributed by atoms with Crippen molar-refractivity contribution < 1.29 is 4.79 Å². The van der Waals surface area contributed by atoms with E-state index >= 15 is 0 Å². The summed E-state index contributed by atoms with van der Waals surface area (Å²) in [5.41, 5.74) is 0.263. The molecule has 0 spiro atoms. The van der Waals surface area contributed by atoms with E-state index in [0.717, 1.165) is 6.42 Å². The minimum atomic E-state index is -0.517. The van der Waals surface area contributed by atoms with Crippen LogP contribution in [-0.2, 0) is 6.42 Å². The number of H-pyrrole nitrogens is 1. The summed E-state index contributed by atoms with van der Waals surface area (Å²) in [6.45, 7) is 0.516. The van der Waals surface area contributed by atoms with Crippen molar-refractivity contribution >= 4 is 28.1 Å². The first kappa shape index (κ1) is 13.5. The van der Waals surface area contributed by atoms with Crippen molar-refractivity contribution in [1.29, 1.82) is 0 Å². The maximum Gasteiger partial charge on any atom is 0.346 e. The molecule has 2 aromatic heterocycles. The molecular formula is C15H13N3O2S. The van der Waals surface area contributed by atoms with Gasteiger partial charge in [-0.1, -0.05) is 24.3 Å². The fraction of sp³-hybridized carbons (Fsp3) is 0.133. The molecule has 0 saturated carbocycles. The monoisotopic (exact) mass is 299 g/mol. The highest BCUT2D eigenvalue weighted by Crippen LogP contribution is 2.12. The Morgan fingerprint density at radius 3 is 2.90 bits per heavy atom. The van der Waals surface area contributed by atoms with Crippen molar-refractivity contribution in [2.45, 2.75) is 6.42 Å². The van der Waals surface area contributed by atoms with Crippen LogP contribution in [0, 0.1) is 0 Å². The van der Waals surface area contributed by atoms with Crippen molar-refractivity contribution in [1.82, 2.24) is 15.3 Å². The number of aromatic amines is 1. The first-order chi connectivity index (χ1) is 10.2. The molecule has 1 amide bonds. The third-order valence-electron chi connectivity index (χ3n) is 3.09. The van der Waals surface area contributed by atoms with E-state index in [4.69, 9.17) is 0 Å². The van der Waals surface area contributed by atoms with Gasteiger partial charge in [-0.15, -0.1) is 11.3 Å². The number of para-hydroxylation sites is 1. The average Bonchev–Trinajstić information content (AvgIpc) is 2.99. The fourth-order valence-electron chi connectivity index (χ4n) is 2.11. The zero-order valence-electron chi connectivity index (χ0n) is 11.1. The van der Waals surface area contributed by atoms with Gasteiger partial charge < -0.3 is 10.3 Å². The number of nitrogens with one attached hydrogen (secondary N) is 2. The van der Waals surface area contributed by atoms with E-state index in [-0.39, 0.29) is 11.6 Å². The Hall–Kier alpha value is -2.47. The van der Waals surface area contributed by atoms with Crippen LogP contribution in [0.1, 0.15) is 15.4 Å². The van der Waals surface area contributed by atoms with E-state index < -0.39 is 5.69 Å². The van der Waals surface area contributed by atoms with Gasteiger partial charge in [0.05, 0.1) is 5.52 Å². The molecule has 0 aliphatic carbocycles. The Labute approximate surface area is 124 Å². The molecule has 1 aromatic carbocycles. The Balaban J connectivity index is 1.79. The Kier molecular flexibility index (Phi) is 3.79. The molecule has 0 aliphatic rings. The van der Waals surface area contributed by atoms with E-state index in [1.54, 1.807) is 29.5 Å². The molecule has 0 fully saturated rings. The molecule has 0 radical (unpaired) electrons. The molecule has 0 aliphatic heterocycles. The molecular weight excluding hydrogens is 286 g/mol. The molecule has 0 unspecified atom stereocenters. The molecule has 5 nitrogen and oxygen atoms in total.